The molecule has 1 aliphatic rings. The first kappa shape index (κ1) is 14.0. The highest BCUT2D eigenvalue weighted by Gasteiger charge is 2.44. The molecule has 1 aliphatic heterocycles. The fourth-order valence-electron chi connectivity index (χ4n) is 1.96. The molecule has 106 valence electrons. The van der Waals surface area contributed by atoms with Gasteiger partial charge in [0.25, 0.3) is 0 Å². The number of H-pyrrole nitrogens is 1. The van der Waals surface area contributed by atoms with Crippen molar-refractivity contribution >= 4 is 5.97 Å². The molecule has 7 nitrogen and oxygen atoms in total. The van der Waals surface area contributed by atoms with E-state index in [1.54, 1.807) is 13.0 Å². The van der Waals surface area contributed by atoms with E-state index in [-0.39, 0.29) is 5.69 Å². The minimum absolute atomic E-state index is 0.213. The Hall–Kier alpha value is -1.41. The Balaban J connectivity index is 2.10. The fraction of sp³-hybridized carbons (Fsp3) is 0.583. The summed E-state index contributed by atoms with van der Waals surface area (Å²) >= 11 is 0. The molecule has 19 heavy (non-hydrogen) atoms. The molecule has 2 rings (SSSR count). The number of nitrogens with one attached hydrogen (secondary N) is 1. The van der Waals surface area contributed by atoms with E-state index in [0.717, 1.165) is 5.69 Å². The lowest BCUT2D eigenvalue weighted by Gasteiger charge is -2.38. The summed E-state index contributed by atoms with van der Waals surface area (Å²) in [6.07, 6.45) is -6.19. The number of aliphatic hydroxyl groups excluding tert-OH is 3. The van der Waals surface area contributed by atoms with Crippen LogP contribution in [0.2, 0.25) is 0 Å². The summed E-state index contributed by atoms with van der Waals surface area (Å²) in [4.78, 5) is 14.6. The molecule has 2 heterocycles. The summed E-state index contributed by atoms with van der Waals surface area (Å²) in [5.74, 6) is -0.711. The third kappa shape index (κ3) is 2.79. The molecule has 0 aromatic carbocycles. The molecule has 0 spiro atoms. The summed E-state index contributed by atoms with van der Waals surface area (Å²) in [5, 5.41) is 29.0. The lowest BCUT2D eigenvalue weighted by Crippen LogP contribution is -2.58. The van der Waals surface area contributed by atoms with Gasteiger partial charge in [-0.3, -0.25) is 0 Å². The SMILES string of the molecule is Cc1ccc(C(=O)O[C@@H]2[C@@H](O)[C@H](C)OC(O)[C@@H]2O)[nH]1. The van der Waals surface area contributed by atoms with Crippen molar-refractivity contribution in [2.75, 3.05) is 0 Å². The van der Waals surface area contributed by atoms with Crippen LogP contribution in [0, 0.1) is 6.92 Å². The molecule has 1 aromatic heterocycles. The maximum atomic E-state index is 11.8. The minimum atomic E-state index is -1.50. The smallest absolute Gasteiger partial charge is 0.355 e. The summed E-state index contributed by atoms with van der Waals surface area (Å²) in [6.45, 7) is 3.29. The molecule has 1 aromatic rings. The third-order valence-corrected chi connectivity index (χ3v) is 3.10. The average molecular weight is 271 g/mol. The molecular formula is C12H17NO6. The van der Waals surface area contributed by atoms with E-state index in [1.165, 1.54) is 13.0 Å². The number of hydrogen-bond donors (Lipinski definition) is 4. The standard InChI is InChI=1S/C12H17NO6/c1-5-3-4-7(13-5)11(16)19-10-8(14)6(2)18-12(17)9(10)15/h3-4,6,8-10,12-15,17H,1-2H3/t6-,8-,9+,10+,12?/m0/s1. The first-order valence-electron chi connectivity index (χ1n) is 5.96. The minimum Gasteiger partial charge on any atom is -0.452 e. The summed E-state index contributed by atoms with van der Waals surface area (Å²) in [7, 11) is 0. The second kappa shape index (κ2) is 5.30. The third-order valence-electron chi connectivity index (χ3n) is 3.10. The van der Waals surface area contributed by atoms with E-state index in [1.807, 2.05) is 0 Å². The highest BCUT2D eigenvalue weighted by atomic mass is 16.6. The molecular weight excluding hydrogens is 254 g/mol. The van der Waals surface area contributed by atoms with Gasteiger partial charge in [-0.05, 0) is 26.0 Å². The van der Waals surface area contributed by atoms with Crippen molar-refractivity contribution in [3.63, 3.8) is 0 Å². The van der Waals surface area contributed by atoms with Gasteiger partial charge in [-0.15, -0.1) is 0 Å². The zero-order chi connectivity index (χ0) is 14.2. The van der Waals surface area contributed by atoms with E-state index in [4.69, 9.17) is 9.47 Å². The van der Waals surface area contributed by atoms with Crippen molar-refractivity contribution < 1.29 is 29.6 Å². The summed E-state index contributed by atoms with van der Waals surface area (Å²) in [5.41, 5.74) is 0.999. The summed E-state index contributed by atoms with van der Waals surface area (Å²) in [6, 6.07) is 3.24. The Morgan fingerprint density at radius 3 is 2.58 bits per heavy atom. The second-order valence-electron chi connectivity index (χ2n) is 4.64. The second-order valence-corrected chi connectivity index (χ2v) is 4.64. The highest BCUT2D eigenvalue weighted by Crippen LogP contribution is 2.23. The van der Waals surface area contributed by atoms with Crippen LogP contribution in [0.5, 0.6) is 0 Å². The topological polar surface area (TPSA) is 112 Å². The first-order valence-corrected chi connectivity index (χ1v) is 5.96. The zero-order valence-electron chi connectivity index (χ0n) is 10.6. The number of aromatic nitrogens is 1. The van der Waals surface area contributed by atoms with Gasteiger partial charge in [0.15, 0.2) is 12.4 Å². The average Bonchev–Trinajstić information content (AvgIpc) is 2.79. The van der Waals surface area contributed by atoms with Crippen LogP contribution in [0.15, 0.2) is 12.1 Å². The van der Waals surface area contributed by atoms with Crippen molar-refractivity contribution in [2.24, 2.45) is 0 Å². The Morgan fingerprint density at radius 1 is 1.32 bits per heavy atom. The molecule has 1 fully saturated rings. The number of hydrogen-bond acceptors (Lipinski definition) is 6. The molecule has 0 bridgehead atoms. The zero-order valence-corrected chi connectivity index (χ0v) is 10.6. The van der Waals surface area contributed by atoms with Gasteiger partial charge in [0, 0.05) is 5.69 Å². The van der Waals surface area contributed by atoms with Crippen LogP contribution in [0.25, 0.3) is 0 Å². The van der Waals surface area contributed by atoms with Crippen LogP contribution in [0.4, 0.5) is 0 Å². The van der Waals surface area contributed by atoms with Crippen molar-refractivity contribution in [3.05, 3.63) is 23.5 Å². The molecule has 4 N–H and O–H groups in total. The normalized spacial score (nSPS) is 35.1. The summed E-state index contributed by atoms with van der Waals surface area (Å²) < 4.78 is 9.93. The monoisotopic (exact) mass is 271 g/mol. The first-order chi connectivity index (χ1) is 8.90. The van der Waals surface area contributed by atoms with Crippen molar-refractivity contribution in [1.29, 1.82) is 0 Å². The molecule has 0 radical (unpaired) electrons. The lowest BCUT2D eigenvalue weighted by molar-refractivity contribution is -0.277. The van der Waals surface area contributed by atoms with Crippen LogP contribution in [-0.4, -0.2) is 57.0 Å². The molecule has 7 heteroatoms. The van der Waals surface area contributed by atoms with Gasteiger partial charge in [0.2, 0.25) is 0 Å². The van der Waals surface area contributed by atoms with Gasteiger partial charge in [-0.25, -0.2) is 4.79 Å². The van der Waals surface area contributed by atoms with E-state index in [9.17, 15) is 20.1 Å². The maximum Gasteiger partial charge on any atom is 0.355 e. The number of ether oxygens (including phenoxy) is 2. The van der Waals surface area contributed by atoms with Crippen molar-refractivity contribution in [2.45, 2.75) is 44.6 Å². The van der Waals surface area contributed by atoms with Gasteiger partial charge >= 0.3 is 5.97 Å². The molecule has 5 atom stereocenters. The Bertz CT molecular complexity index is 445. The van der Waals surface area contributed by atoms with Crippen molar-refractivity contribution in [3.8, 4) is 0 Å². The highest BCUT2D eigenvalue weighted by molar-refractivity contribution is 5.87. The largest absolute Gasteiger partial charge is 0.452 e. The Kier molecular flexibility index (Phi) is 3.91. The molecule has 1 unspecified atom stereocenters. The predicted octanol–water partition coefficient (Wildman–Crippen LogP) is -0.693. The number of aliphatic hydroxyl groups is 3. The van der Waals surface area contributed by atoms with Gasteiger partial charge in [0.05, 0.1) is 6.10 Å². The van der Waals surface area contributed by atoms with E-state index in [0.29, 0.717) is 0 Å². The van der Waals surface area contributed by atoms with E-state index < -0.39 is 36.7 Å². The van der Waals surface area contributed by atoms with Gasteiger partial charge in [-0.1, -0.05) is 0 Å². The van der Waals surface area contributed by atoms with Crippen LogP contribution in [0.1, 0.15) is 23.1 Å². The van der Waals surface area contributed by atoms with Crippen LogP contribution in [-0.2, 0) is 9.47 Å². The maximum absolute atomic E-state index is 11.8. The number of aryl methyl sites for hydroxylation is 1. The number of carbonyl (C=O) groups excluding carboxylic acids is 1. The van der Waals surface area contributed by atoms with Gasteiger partial charge in [-0.2, -0.15) is 0 Å². The van der Waals surface area contributed by atoms with E-state index >= 15 is 0 Å². The van der Waals surface area contributed by atoms with Crippen LogP contribution >= 0.6 is 0 Å². The van der Waals surface area contributed by atoms with Gasteiger partial charge < -0.3 is 29.8 Å². The lowest BCUT2D eigenvalue weighted by atomic mass is 10.00. The fourth-order valence-corrected chi connectivity index (χ4v) is 1.96. The Labute approximate surface area is 109 Å². The van der Waals surface area contributed by atoms with E-state index in [2.05, 4.69) is 4.98 Å². The Morgan fingerprint density at radius 2 is 2.00 bits per heavy atom. The molecule has 0 aliphatic carbocycles. The van der Waals surface area contributed by atoms with Crippen LogP contribution < -0.4 is 0 Å². The van der Waals surface area contributed by atoms with Gasteiger partial charge in [0.1, 0.15) is 17.9 Å². The predicted molar refractivity (Wildman–Crippen MR) is 63.3 cm³/mol. The number of rotatable bonds is 2. The number of carbonyl (C=O) groups is 1. The molecule has 1 saturated heterocycles. The van der Waals surface area contributed by atoms with Crippen molar-refractivity contribution in [1.82, 2.24) is 4.98 Å². The quantitative estimate of drug-likeness (QED) is 0.530. The van der Waals surface area contributed by atoms with Crippen LogP contribution in [0.3, 0.4) is 0 Å². The number of aromatic amines is 1. The number of esters is 1. The molecule has 0 amide bonds. The molecule has 0 saturated carbocycles.